The van der Waals surface area contributed by atoms with Crippen molar-refractivity contribution in [2.75, 3.05) is 23.3 Å². The van der Waals surface area contributed by atoms with Crippen LogP contribution in [0.4, 0.5) is 11.4 Å². The Morgan fingerprint density at radius 3 is 2.47 bits per heavy atom. The lowest BCUT2D eigenvalue weighted by Gasteiger charge is -2.19. The SMILES string of the molecule is CCCC(Nc1ccc(N2CCCC2)cc1)C(=O)O. The van der Waals surface area contributed by atoms with Crippen molar-refractivity contribution in [1.29, 1.82) is 0 Å². The number of carboxylic acids is 1. The number of benzene rings is 1. The van der Waals surface area contributed by atoms with Gasteiger partial charge in [-0.05, 0) is 43.5 Å². The summed E-state index contributed by atoms with van der Waals surface area (Å²) in [6.45, 7) is 4.24. The number of anilines is 2. The highest BCUT2D eigenvalue weighted by atomic mass is 16.4. The van der Waals surface area contributed by atoms with Gasteiger partial charge in [-0.3, -0.25) is 0 Å². The maximum absolute atomic E-state index is 11.1. The third-order valence-corrected chi connectivity index (χ3v) is 3.55. The minimum atomic E-state index is -0.787. The number of hydrogen-bond acceptors (Lipinski definition) is 3. The van der Waals surface area contributed by atoms with Crippen LogP contribution in [0.1, 0.15) is 32.6 Å². The zero-order valence-corrected chi connectivity index (χ0v) is 11.4. The molecule has 4 heteroatoms. The molecular weight excluding hydrogens is 240 g/mol. The lowest BCUT2D eigenvalue weighted by molar-refractivity contribution is -0.138. The number of rotatable bonds is 6. The molecule has 0 saturated carbocycles. The molecule has 2 N–H and O–H groups in total. The summed E-state index contributed by atoms with van der Waals surface area (Å²) >= 11 is 0. The van der Waals surface area contributed by atoms with E-state index in [-0.39, 0.29) is 0 Å². The van der Waals surface area contributed by atoms with Gasteiger partial charge in [-0.25, -0.2) is 4.79 Å². The van der Waals surface area contributed by atoms with Gasteiger partial charge in [0.15, 0.2) is 0 Å². The summed E-state index contributed by atoms with van der Waals surface area (Å²) in [5.41, 5.74) is 2.11. The molecule has 1 fully saturated rings. The van der Waals surface area contributed by atoms with E-state index in [1.807, 2.05) is 19.1 Å². The Labute approximate surface area is 114 Å². The predicted molar refractivity (Wildman–Crippen MR) is 77.8 cm³/mol. The highest BCUT2D eigenvalue weighted by molar-refractivity contribution is 5.77. The molecule has 1 heterocycles. The van der Waals surface area contributed by atoms with Crippen LogP contribution in [0.25, 0.3) is 0 Å². The summed E-state index contributed by atoms with van der Waals surface area (Å²) in [5, 5.41) is 12.2. The summed E-state index contributed by atoms with van der Waals surface area (Å²) in [5.74, 6) is -0.787. The van der Waals surface area contributed by atoms with Crippen molar-refractivity contribution in [2.24, 2.45) is 0 Å². The van der Waals surface area contributed by atoms with Crippen LogP contribution in [0.5, 0.6) is 0 Å². The fourth-order valence-corrected chi connectivity index (χ4v) is 2.49. The molecule has 1 aromatic rings. The van der Waals surface area contributed by atoms with Crippen molar-refractivity contribution in [3.63, 3.8) is 0 Å². The molecule has 0 aromatic heterocycles. The summed E-state index contributed by atoms with van der Waals surface area (Å²) in [6, 6.07) is 7.58. The molecule has 1 atom stereocenters. The molecular formula is C15H22N2O2. The Hall–Kier alpha value is -1.71. The quantitative estimate of drug-likeness (QED) is 0.827. The molecule has 0 radical (unpaired) electrons. The Morgan fingerprint density at radius 2 is 1.95 bits per heavy atom. The fourth-order valence-electron chi connectivity index (χ4n) is 2.49. The topological polar surface area (TPSA) is 52.6 Å². The fraction of sp³-hybridized carbons (Fsp3) is 0.533. The summed E-state index contributed by atoms with van der Waals surface area (Å²) in [6.07, 6.45) is 4.02. The zero-order chi connectivity index (χ0) is 13.7. The smallest absolute Gasteiger partial charge is 0.326 e. The number of aliphatic carboxylic acids is 1. The van der Waals surface area contributed by atoms with Crippen LogP contribution in [0, 0.1) is 0 Å². The van der Waals surface area contributed by atoms with E-state index in [1.165, 1.54) is 18.5 Å². The van der Waals surface area contributed by atoms with Crippen LogP contribution < -0.4 is 10.2 Å². The van der Waals surface area contributed by atoms with Gasteiger partial charge < -0.3 is 15.3 Å². The third-order valence-electron chi connectivity index (χ3n) is 3.55. The summed E-state index contributed by atoms with van der Waals surface area (Å²) in [4.78, 5) is 13.5. The largest absolute Gasteiger partial charge is 0.480 e. The molecule has 0 aliphatic carbocycles. The Balaban J connectivity index is 1.99. The monoisotopic (exact) mass is 262 g/mol. The Bertz CT molecular complexity index is 411. The average Bonchev–Trinajstić information content (AvgIpc) is 2.93. The molecule has 104 valence electrons. The zero-order valence-electron chi connectivity index (χ0n) is 11.4. The number of nitrogens with one attached hydrogen (secondary N) is 1. The number of hydrogen-bond donors (Lipinski definition) is 2. The van der Waals surface area contributed by atoms with Gasteiger partial charge in [0.2, 0.25) is 0 Å². The normalized spacial score (nSPS) is 16.4. The van der Waals surface area contributed by atoms with E-state index >= 15 is 0 Å². The van der Waals surface area contributed by atoms with Crippen molar-refractivity contribution < 1.29 is 9.90 Å². The van der Waals surface area contributed by atoms with Crippen LogP contribution in [0.3, 0.4) is 0 Å². The van der Waals surface area contributed by atoms with Crippen LogP contribution in [0.15, 0.2) is 24.3 Å². The number of carbonyl (C=O) groups is 1. The third kappa shape index (κ3) is 3.63. The minimum absolute atomic E-state index is 0.498. The van der Waals surface area contributed by atoms with E-state index < -0.39 is 12.0 Å². The first kappa shape index (κ1) is 13.7. The van der Waals surface area contributed by atoms with E-state index in [2.05, 4.69) is 22.3 Å². The van der Waals surface area contributed by atoms with Crippen molar-refractivity contribution in [3.05, 3.63) is 24.3 Å². The molecule has 1 aliphatic rings. The van der Waals surface area contributed by atoms with Gasteiger partial charge in [0.25, 0.3) is 0 Å². The van der Waals surface area contributed by atoms with Crippen LogP contribution >= 0.6 is 0 Å². The molecule has 1 unspecified atom stereocenters. The molecule has 0 bridgehead atoms. The van der Waals surface area contributed by atoms with Crippen molar-refractivity contribution in [3.8, 4) is 0 Å². The van der Waals surface area contributed by atoms with Crippen molar-refractivity contribution in [1.82, 2.24) is 0 Å². The van der Waals surface area contributed by atoms with E-state index in [1.54, 1.807) is 0 Å². The molecule has 0 amide bonds. The van der Waals surface area contributed by atoms with Gasteiger partial charge in [0.05, 0.1) is 0 Å². The van der Waals surface area contributed by atoms with Crippen LogP contribution in [0.2, 0.25) is 0 Å². The first-order valence-corrected chi connectivity index (χ1v) is 7.05. The van der Waals surface area contributed by atoms with Crippen LogP contribution in [-0.2, 0) is 4.79 Å². The van der Waals surface area contributed by atoms with Crippen LogP contribution in [-0.4, -0.2) is 30.2 Å². The van der Waals surface area contributed by atoms with E-state index in [0.717, 1.165) is 25.2 Å². The molecule has 2 rings (SSSR count). The first-order valence-electron chi connectivity index (χ1n) is 7.05. The molecule has 0 spiro atoms. The van der Waals surface area contributed by atoms with E-state index in [0.29, 0.717) is 6.42 Å². The summed E-state index contributed by atoms with van der Waals surface area (Å²) < 4.78 is 0. The number of nitrogens with zero attached hydrogens (tertiary/aromatic N) is 1. The second-order valence-corrected chi connectivity index (χ2v) is 5.06. The van der Waals surface area contributed by atoms with Gasteiger partial charge in [-0.15, -0.1) is 0 Å². The summed E-state index contributed by atoms with van der Waals surface area (Å²) in [7, 11) is 0. The lowest BCUT2D eigenvalue weighted by atomic mass is 10.1. The maximum atomic E-state index is 11.1. The highest BCUT2D eigenvalue weighted by Gasteiger charge is 2.16. The Morgan fingerprint density at radius 1 is 1.32 bits per heavy atom. The van der Waals surface area contributed by atoms with E-state index in [9.17, 15) is 4.79 Å². The van der Waals surface area contributed by atoms with Gasteiger partial charge >= 0.3 is 5.97 Å². The molecule has 1 saturated heterocycles. The standard InChI is InChI=1S/C15H22N2O2/c1-2-5-14(15(18)19)16-12-6-8-13(9-7-12)17-10-3-4-11-17/h6-9,14,16H,2-5,10-11H2,1H3,(H,18,19). The lowest BCUT2D eigenvalue weighted by Crippen LogP contribution is -2.28. The molecule has 19 heavy (non-hydrogen) atoms. The number of carboxylic acid groups (broad SMARTS) is 1. The second-order valence-electron chi connectivity index (χ2n) is 5.06. The van der Waals surface area contributed by atoms with Gasteiger partial charge in [0.1, 0.15) is 6.04 Å². The highest BCUT2D eigenvalue weighted by Crippen LogP contribution is 2.22. The van der Waals surface area contributed by atoms with Gasteiger partial charge in [-0.2, -0.15) is 0 Å². The molecule has 4 nitrogen and oxygen atoms in total. The molecule has 1 aromatic carbocycles. The van der Waals surface area contributed by atoms with Crippen molar-refractivity contribution >= 4 is 17.3 Å². The Kier molecular flexibility index (Phi) is 4.66. The van der Waals surface area contributed by atoms with E-state index in [4.69, 9.17) is 5.11 Å². The van der Waals surface area contributed by atoms with Gasteiger partial charge in [0, 0.05) is 24.5 Å². The first-order chi connectivity index (χ1) is 9.20. The average molecular weight is 262 g/mol. The van der Waals surface area contributed by atoms with Gasteiger partial charge in [-0.1, -0.05) is 13.3 Å². The molecule has 1 aliphatic heterocycles. The second kappa shape index (κ2) is 6.45. The maximum Gasteiger partial charge on any atom is 0.326 e. The van der Waals surface area contributed by atoms with Crippen molar-refractivity contribution in [2.45, 2.75) is 38.6 Å². The minimum Gasteiger partial charge on any atom is -0.480 e. The predicted octanol–water partition coefficient (Wildman–Crippen LogP) is 2.95.